The Morgan fingerprint density at radius 2 is 2.00 bits per heavy atom. The quantitative estimate of drug-likeness (QED) is 0.662. The maximum Gasteiger partial charge on any atom is 0.178 e. The van der Waals surface area contributed by atoms with Gasteiger partial charge < -0.3 is 10.1 Å². The summed E-state index contributed by atoms with van der Waals surface area (Å²) in [5, 5.41) is 9.88. The van der Waals surface area contributed by atoms with E-state index >= 15 is 0 Å². The zero-order chi connectivity index (χ0) is 12.7. The van der Waals surface area contributed by atoms with Crippen molar-refractivity contribution in [3.63, 3.8) is 0 Å². The van der Waals surface area contributed by atoms with E-state index in [0.29, 0.717) is 17.0 Å². The van der Waals surface area contributed by atoms with Crippen LogP contribution in [-0.4, -0.2) is 20.1 Å². The van der Waals surface area contributed by atoms with Crippen molar-refractivity contribution >= 4 is 33.8 Å². The summed E-state index contributed by atoms with van der Waals surface area (Å²) < 4.78 is 1.05. The number of aromatic hydroxyl groups is 1. The van der Waals surface area contributed by atoms with Gasteiger partial charge in [-0.25, -0.2) is 9.97 Å². The Labute approximate surface area is 117 Å². The lowest BCUT2D eigenvalue weighted by atomic mass is 10.2. The van der Waals surface area contributed by atoms with E-state index in [-0.39, 0.29) is 5.75 Å². The average molecular weight is 351 g/mol. The molecule has 0 amide bonds. The second-order valence-electron chi connectivity index (χ2n) is 4.07. The number of nitrogens with one attached hydrogen (secondary N) is 1. The van der Waals surface area contributed by atoms with Gasteiger partial charge in [-0.2, -0.15) is 0 Å². The van der Waals surface area contributed by atoms with Crippen LogP contribution in [0.2, 0.25) is 0 Å². The van der Waals surface area contributed by atoms with Gasteiger partial charge in [0.15, 0.2) is 5.65 Å². The molecular weight excluding hydrogens is 341 g/mol. The molecule has 0 unspecified atom stereocenters. The van der Waals surface area contributed by atoms with Gasteiger partial charge in [-0.3, -0.25) is 0 Å². The van der Waals surface area contributed by atoms with Crippen LogP contribution in [0.1, 0.15) is 5.69 Å². The fourth-order valence-electron chi connectivity index (χ4n) is 1.81. The minimum Gasteiger partial charge on any atom is -0.507 e. The van der Waals surface area contributed by atoms with Gasteiger partial charge in [-0.05, 0) is 59.8 Å². The zero-order valence-electron chi connectivity index (χ0n) is 9.61. The second kappa shape index (κ2) is 4.24. The Balaban J connectivity index is 2.22. The first kappa shape index (κ1) is 11.5. The fraction of sp³-hybridized carbons (Fsp3) is 0.0769. The summed E-state index contributed by atoms with van der Waals surface area (Å²) in [6.45, 7) is 1.93. The lowest BCUT2D eigenvalue weighted by molar-refractivity contribution is 0.477. The summed E-state index contributed by atoms with van der Waals surface area (Å²) in [7, 11) is 0. The van der Waals surface area contributed by atoms with Crippen molar-refractivity contribution in [2.24, 2.45) is 0 Å². The third kappa shape index (κ3) is 1.94. The Hall–Kier alpha value is -1.63. The van der Waals surface area contributed by atoms with E-state index < -0.39 is 0 Å². The number of hydrogen-bond acceptors (Lipinski definition) is 3. The second-order valence-corrected chi connectivity index (χ2v) is 5.32. The van der Waals surface area contributed by atoms with E-state index in [1.165, 1.54) is 0 Å². The van der Waals surface area contributed by atoms with E-state index in [0.717, 1.165) is 14.8 Å². The van der Waals surface area contributed by atoms with Crippen LogP contribution in [0.4, 0.5) is 0 Å². The molecule has 0 spiro atoms. The summed E-state index contributed by atoms with van der Waals surface area (Å²) in [5.74, 6) is 0.852. The Bertz CT molecular complexity index is 736. The van der Waals surface area contributed by atoms with Crippen molar-refractivity contribution < 1.29 is 5.11 Å². The molecule has 0 aliphatic carbocycles. The fourth-order valence-corrected chi connectivity index (χ4v) is 2.30. The van der Waals surface area contributed by atoms with Crippen LogP contribution in [-0.2, 0) is 0 Å². The molecule has 0 saturated carbocycles. The minimum atomic E-state index is 0.214. The van der Waals surface area contributed by atoms with Gasteiger partial charge in [0.1, 0.15) is 11.6 Å². The molecule has 3 rings (SSSR count). The number of aromatic amines is 1. The zero-order valence-corrected chi connectivity index (χ0v) is 11.8. The van der Waals surface area contributed by atoms with E-state index in [9.17, 15) is 5.11 Å². The van der Waals surface area contributed by atoms with Gasteiger partial charge in [0.2, 0.25) is 0 Å². The van der Waals surface area contributed by atoms with Gasteiger partial charge in [-0.1, -0.05) is 0 Å². The van der Waals surface area contributed by atoms with E-state index in [4.69, 9.17) is 0 Å². The molecule has 0 aliphatic heterocycles. The first-order valence-corrected chi connectivity index (χ1v) is 6.53. The molecule has 4 nitrogen and oxygen atoms in total. The number of imidazole rings is 1. The normalized spacial score (nSPS) is 11.0. The molecule has 2 heterocycles. The molecule has 0 atom stereocenters. The van der Waals surface area contributed by atoms with Crippen LogP contribution in [0.25, 0.3) is 22.6 Å². The number of phenols is 1. The maximum absolute atomic E-state index is 9.88. The number of benzene rings is 1. The van der Waals surface area contributed by atoms with Crippen molar-refractivity contribution in [3.8, 4) is 17.1 Å². The summed E-state index contributed by atoms with van der Waals surface area (Å²) >= 11 is 2.20. The highest BCUT2D eigenvalue weighted by Gasteiger charge is 2.10. The first-order chi connectivity index (χ1) is 8.63. The topological polar surface area (TPSA) is 61.8 Å². The first-order valence-electron chi connectivity index (χ1n) is 5.46. The largest absolute Gasteiger partial charge is 0.507 e. The molecule has 1 aromatic carbocycles. The van der Waals surface area contributed by atoms with Crippen molar-refractivity contribution in [1.82, 2.24) is 15.0 Å². The molecule has 0 fully saturated rings. The Kier molecular flexibility index (Phi) is 2.70. The van der Waals surface area contributed by atoms with Crippen molar-refractivity contribution in [1.29, 1.82) is 0 Å². The SMILES string of the molecule is Cc1ccc2[nH]c(-c3cc(I)ccc3O)nc2n1. The number of H-pyrrole nitrogens is 1. The molecule has 2 N–H and O–H groups in total. The molecular formula is C13H10IN3O. The number of rotatable bonds is 1. The van der Waals surface area contributed by atoms with Crippen LogP contribution in [0, 0.1) is 10.5 Å². The van der Waals surface area contributed by atoms with Crippen LogP contribution in [0.5, 0.6) is 5.75 Å². The van der Waals surface area contributed by atoms with E-state index in [1.54, 1.807) is 6.07 Å². The van der Waals surface area contributed by atoms with Gasteiger partial charge in [0.05, 0.1) is 11.1 Å². The predicted octanol–water partition coefficient (Wildman–Crippen LogP) is 3.24. The minimum absolute atomic E-state index is 0.214. The van der Waals surface area contributed by atoms with Crippen LogP contribution >= 0.6 is 22.6 Å². The molecule has 0 saturated heterocycles. The monoisotopic (exact) mass is 351 g/mol. The number of hydrogen-bond donors (Lipinski definition) is 2. The van der Waals surface area contributed by atoms with Gasteiger partial charge in [0, 0.05) is 9.26 Å². The number of pyridine rings is 1. The van der Waals surface area contributed by atoms with E-state index in [1.807, 2.05) is 31.2 Å². The van der Waals surface area contributed by atoms with Gasteiger partial charge >= 0.3 is 0 Å². The highest BCUT2D eigenvalue weighted by Crippen LogP contribution is 2.29. The summed E-state index contributed by atoms with van der Waals surface area (Å²) in [5.41, 5.74) is 3.15. The smallest absolute Gasteiger partial charge is 0.178 e. The van der Waals surface area contributed by atoms with Crippen molar-refractivity contribution in [3.05, 3.63) is 39.6 Å². The number of halogens is 1. The summed E-state index contributed by atoms with van der Waals surface area (Å²) in [4.78, 5) is 11.9. The molecule has 2 aromatic heterocycles. The van der Waals surface area contributed by atoms with Crippen molar-refractivity contribution in [2.75, 3.05) is 0 Å². The van der Waals surface area contributed by atoms with Crippen LogP contribution in [0.3, 0.4) is 0 Å². The number of aryl methyl sites for hydroxylation is 1. The lowest BCUT2D eigenvalue weighted by Crippen LogP contribution is -1.83. The lowest BCUT2D eigenvalue weighted by Gasteiger charge is -2.01. The standard InChI is InChI=1S/C13H10IN3O/c1-7-2-4-10-13(15-7)17-12(16-10)9-6-8(14)3-5-11(9)18/h2-6,18H,1H3,(H,15,16,17). The van der Waals surface area contributed by atoms with Gasteiger partial charge in [-0.15, -0.1) is 0 Å². The number of phenolic OH excluding ortho intramolecular Hbond substituents is 1. The third-order valence-corrected chi connectivity index (χ3v) is 3.37. The molecule has 5 heteroatoms. The number of fused-ring (bicyclic) bond motifs is 1. The molecule has 0 radical (unpaired) electrons. The molecule has 0 aliphatic rings. The molecule has 18 heavy (non-hydrogen) atoms. The Morgan fingerprint density at radius 1 is 1.17 bits per heavy atom. The average Bonchev–Trinajstić information content (AvgIpc) is 2.74. The predicted molar refractivity (Wildman–Crippen MR) is 78.4 cm³/mol. The van der Waals surface area contributed by atoms with E-state index in [2.05, 4.69) is 37.5 Å². The molecule has 3 aromatic rings. The highest BCUT2D eigenvalue weighted by atomic mass is 127. The molecule has 90 valence electrons. The third-order valence-electron chi connectivity index (χ3n) is 2.70. The summed E-state index contributed by atoms with van der Waals surface area (Å²) in [6, 6.07) is 9.28. The van der Waals surface area contributed by atoms with Crippen molar-refractivity contribution in [2.45, 2.75) is 6.92 Å². The number of nitrogens with zero attached hydrogens (tertiary/aromatic N) is 2. The van der Waals surface area contributed by atoms with Crippen LogP contribution in [0.15, 0.2) is 30.3 Å². The van der Waals surface area contributed by atoms with Crippen LogP contribution < -0.4 is 0 Å². The maximum atomic E-state index is 9.88. The Morgan fingerprint density at radius 3 is 2.83 bits per heavy atom. The highest BCUT2D eigenvalue weighted by molar-refractivity contribution is 14.1. The molecule has 0 bridgehead atoms. The van der Waals surface area contributed by atoms with Gasteiger partial charge in [0.25, 0.3) is 0 Å². The summed E-state index contributed by atoms with van der Waals surface area (Å²) in [6.07, 6.45) is 0. The number of aromatic nitrogens is 3.